The van der Waals surface area contributed by atoms with E-state index >= 15 is 0 Å². The highest BCUT2D eigenvalue weighted by Crippen LogP contribution is 2.34. The summed E-state index contributed by atoms with van der Waals surface area (Å²) in [6, 6.07) is 11.2. The first-order valence-electron chi connectivity index (χ1n) is 15.6. The Morgan fingerprint density at radius 1 is 1.08 bits per heavy atom. The van der Waals surface area contributed by atoms with Crippen molar-refractivity contribution in [3.63, 3.8) is 0 Å². The van der Waals surface area contributed by atoms with Gasteiger partial charge in [0.25, 0.3) is 0 Å². The van der Waals surface area contributed by atoms with E-state index in [-0.39, 0.29) is 16.0 Å². The molecule has 2 N–H and O–H groups in total. The Morgan fingerprint density at radius 2 is 1.80 bits per heavy atom. The summed E-state index contributed by atoms with van der Waals surface area (Å²) in [4.78, 5) is -0.0963. The molecule has 0 aliphatic rings. The summed E-state index contributed by atoms with van der Waals surface area (Å²) in [5.41, 5.74) is 0.105. The second-order valence-corrected chi connectivity index (χ2v) is 5.26. The zero-order valence-corrected chi connectivity index (χ0v) is 13.5. The molecule has 0 amide bonds. The molecule has 0 fully saturated rings. The van der Waals surface area contributed by atoms with Crippen LogP contribution in [-0.4, -0.2) is 34.7 Å². The van der Waals surface area contributed by atoms with Gasteiger partial charge in [0.2, 0.25) is 0 Å². The van der Waals surface area contributed by atoms with E-state index in [4.69, 9.17) is 21.9 Å². The SMILES string of the molecule is [2H]C([2H])(O)c1ccc(O)c([C@H](CCN(C([2H])([2H])C([2H])([2H])C([2H])([2H])[2H])C([2H])([2H])C([2H])([2H])C([2H])([2H])[2H])c2ccccc2)c1. The van der Waals surface area contributed by atoms with Gasteiger partial charge in [-0.15, -0.1) is 0 Å². The van der Waals surface area contributed by atoms with E-state index in [0.29, 0.717) is 5.56 Å². The first-order valence-corrected chi connectivity index (χ1v) is 7.59. The summed E-state index contributed by atoms with van der Waals surface area (Å²) in [5.74, 6) is -1.45. The van der Waals surface area contributed by atoms with E-state index in [1.54, 1.807) is 30.3 Å². The maximum absolute atomic E-state index is 10.7. The van der Waals surface area contributed by atoms with Crippen LogP contribution in [0.4, 0.5) is 0 Å². The minimum atomic E-state index is -3.82. The van der Waals surface area contributed by atoms with E-state index < -0.39 is 70.6 Å². The van der Waals surface area contributed by atoms with Gasteiger partial charge in [-0.1, -0.05) is 50.1 Å². The normalized spacial score (nSPS) is 25.8. The van der Waals surface area contributed by atoms with Gasteiger partial charge in [-0.3, -0.25) is 0 Å². The molecular formula is C22H31NO2. The number of phenols is 1. The number of nitrogens with zero attached hydrogens (tertiary/aromatic N) is 1. The lowest BCUT2D eigenvalue weighted by Gasteiger charge is -2.25. The molecule has 136 valence electrons. The van der Waals surface area contributed by atoms with Gasteiger partial charge in [0.05, 0.1) is 9.30 Å². The van der Waals surface area contributed by atoms with Crippen LogP contribution >= 0.6 is 0 Å². The average molecular weight is 358 g/mol. The summed E-state index contributed by atoms with van der Waals surface area (Å²) in [6.07, 6.45) is -8.12. The molecule has 3 nitrogen and oxygen atoms in total. The Labute approximate surface area is 174 Å². The van der Waals surface area contributed by atoms with Gasteiger partial charge >= 0.3 is 0 Å². The average Bonchev–Trinajstić information content (AvgIpc) is 2.80. The quantitative estimate of drug-likeness (QED) is 0.656. The lowest BCUT2D eigenvalue weighted by Crippen LogP contribution is -2.27. The van der Waals surface area contributed by atoms with Gasteiger partial charge in [0, 0.05) is 30.7 Å². The molecule has 2 aromatic carbocycles. The lowest BCUT2D eigenvalue weighted by atomic mass is 9.87. The number of rotatable bonds is 10. The molecule has 25 heavy (non-hydrogen) atoms. The van der Waals surface area contributed by atoms with Crippen molar-refractivity contribution in [2.75, 3.05) is 19.5 Å². The minimum absolute atomic E-state index is 0.0228. The van der Waals surface area contributed by atoms with Crippen LogP contribution in [0.3, 0.4) is 0 Å². The number of hydrogen-bond donors (Lipinski definition) is 2. The Bertz CT molecular complexity index is 1150. The van der Waals surface area contributed by atoms with Crippen molar-refractivity contribution >= 4 is 0 Å². The second kappa shape index (κ2) is 10.2. The lowest BCUT2D eigenvalue weighted by molar-refractivity contribution is 0.266. The Balaban J connectivity index is 2.78. The highest BCUT2D eigenvalue weighted by molar-refractivity contribution is 5.43. The molecule has 0 radical (unpaired) electrons. The van der Waals surface area contributed by atoms with Crippen molar-refractivity contribution in [1.82, 2.24) is 4.90 Å². The van der Waals surface area contributed by atoms with E-state index in [1.807, 2.05) is 0 Å². The van der Waals surface area contributed by atoms with Crippen LogP contribution in [0, 0.1) is 0 Å². The van der Waals surface area contributed by atoms with E-state index in [0.717, 1.165) is 18.2 Å². The second-order valence-electron chi connectivity index (χ2n) is 5.26. The molecule has 0 aliphatic carbocycles. The van der Waals surface area contributed by atoms with Crippen molar-refractivity contribution in [2.24, 2.45) is 0 Å². The molecule has 2 rings (SSSR count). The number of hydrogen-bond acceptors (Lipinski definition) is 3. The van der Waals surface area contributed by atoms with E-state index in [2.05, 4.69) is 0 Å². The number of aliphatic hydroxyl groups is 1. The number of phenolic OH excluding ortho intramolecular Hbond substituents is 1. The molecule has 0 unspecified atom stereocenters. The molecular weight excluding hydrogens is 310 g/mol. The molecule has 2 aromatic rings. The Hall–Kier alpha value is -1.84. The van der Waals surface area contributed by atoms with Crippen molar-refractivity contribution < 1.29 is 32.1 Å². The van der Waals surface area contributed by atoms with Crippen LogP contribution in [0.25, 0.3) is 0 Å². The predicted molar refractivity (Wildman–Crippen MR) is 104 cm³/mol. The van der Waals surface area contributed by atoms with Crippen LogP contribution in [0.1, 0.15) is 77.4 Å². The smallest absolute Gasteiger partial charge is 0.119 e. The standard InChI is InChI=1S/C22H31NO2/c1-3-13-23(14-4-2)15-12-20(19-8-6-5-7-9-19)21-16-18(17-24)10-11-22(21)25/h5-11,16,20,24-25H,3-4,12-15,17H2,1-2H3/t20-/m1/s1/i1D3,2D3,3D2,4D2,13D2,14D2,17D2. The van der Waals surface area contributed by atoms with Crippen molar-refractivity contribution in [2.45, 2.75) is 45.3 Å². The number of aromatic hydroxyl groups is 1. The molecule has 0 saturated carbocycles. The highest BCUT2D eigenvalue weighted by Gasteiger charge is 2.19. The van der Waals surface area contributed by atoms with E-state index in [1.165, 1.54) is 0 Å². The molecule has 1 atom stereocenters. The molecule has 3 heteroatoms. The summed E-state index contributed by atoms with van der Waals surface area (Å²) in [7, 11) is 0. The van der Waals surface area contributed by atoms with Crippen LogP contribution in [0.2, 0.25) is 0 Å². The van der Waals surface area contributed by atoms with Gasteiger partial charge in [-0.05, 0) is 62.0 Å². The summed E-state index contributed by atoms with van der Waals surface area (Å²) >= 11 is 0. The summed E-state index contributed by atoms with van der Waals surface area (Å²) in [5, 5.41) is 20.5. The topological polar surface area (TPSA) is 43.7 Å². The van der Waals surface area contributed by atoms with Gasteiger partial charge in [0.1, 0.15) is 5.75 Å². The largest absolute Gasteiger partial charge is 0.508 e. The zero-order chi connectivity index (χ0) is 32.0. The first-order chi connectivity index (χ1) is 18.2. The summed E-state index contributed by atoms with van der Waals surface area (Å²) in [6.45, 7) is -18.8. The maximum Gasteiger partial charge on any atom is 0.119 e. The molecule has 0 spiro atoms. The molecule has 0 heterocycles. The number of benzene rings is 2. The van der Waals surface area contributed by atoms with Crippen molar-refractivity contribution in [3.8, 4) is 5.75 Å². The Morgan fingerprint density at radius 3 is 2.44 bits per heavy atom. The summed E-state index contributed by atoms with van der Waals surface area (Å²) < 4.78 is 126. The highest BCUT2D eigenvalue weighted by atomic mass is 16.3. The predicted octanol–water partition coefficient (Wildman–Crippen LogP) is 4.53. The van der Waals surface area contributed by atoms with Gasteiger partial charge < -0.3 is 15.1 Å². The van der Waals surface area contributed by atoms with Gasteiger partial charge in [-0.25, -0.2) is 0 Å². The maximum atomic E-state index is 10.7. The fraction of sp³-hybridized carbons (Fsp3) is 0.455. The van der Waals surface area contributed by atoms with Crippen LogP contribution in [0.5, 0.6) is 5.75 Å². The van der Waals surface area contributed by atoms with E-state index in [9.17, 15) is 10.2 Å². The fourth-order valence-corrected chi connectivity index (χ4v) is 2.62. The first kappa shape index (κ1) is 7.05. The molecule has 0 aromatic heterocycles. The third kappa shape index (κ3) is 5.58. The third-order valence-corrected chi connectivity index (χ3v) is 3.76. The molecule has 0 bridgehead atoms. The monoisotopic (exact) mass is 357 g/mol. The van der Waals surface area contributed by atoms with Gasteiger partial charge in [-0.2, -0.15) is 0 Å². The van der Waals surface area contributed by atoms with Crippen LogP contribution < -0.4 is 0 Å². The minimum Gasteiger partial charge on any atom is -0.508 e. The van der Waals surface area contributed by atoms with Gasteiger partial charge in [0.15, 0.2) is 0 Å². The third-order valence-electron chi connectivity index (χ3n) is 3.76. The fourth-order valence-electron chi connectivity index (χ4n) is 2.62. The molecule has 0 saturated heterocycles. The Kier molecular flexibility index (Phi) is 2.88. The van der Waals surface area contributed by atoms with Crippen molar-refractivity contribution in [1.29, 1.82) is 0 Å². The van der Waals surface area contributed by atoms with Crippen LogP contribution in [-0.2, 0) is 6.56 Å². The van der Waals surface area contributed by atoms with Crippen molar-refractivity contribution in [3.05, 3.63) is 65.2 Å². The van der Waals surface area contributed by atoms with Crippen LogP contribution in [0.15, 0.2) is 48.5 Å². The zero-order valence-electron chi connectivity index (χ0n) is 29.5. The molecule has 0 aliphatic heterocycles.